The summed E-state index contributed by atoms with van der Waals surface area (Å²) in [6, 6.07) is 10.3. The van der Waals surface area contributed by atoms with E-state index in [4.69, 9.17) is 9.41 Å². The maximum absolute atomic E-state index is 5.75. The van der Waals surface area contributed by atoms with Gasteiger partial charge in [-0.15, -0.1) is 0 Å². The topological polar surface area (TPSA) is 68.9 Å². The van der Waals surface area contributed by atoms with E-state index in [0.29, 0.717) is 6.54 Å². The Morgan fingerprint density at radius 3 is 2.69 bits per heavy atom. The standard InChI is InChI=1S/C22H34N6O/c1-4-23-22(24-16-18-10-8-12-21(26-18)27(2)3)25-17-19(20-11-9-15-29-20)28-13-6-5-7-14-28/h8-12,15,19H,4-7,13-14,16-17H2,1-3H3,(H2,23,24,25). The van der Waals surface area contributed by atoms with Crippen LogP contribution in [-0.2, 0) is 6.54 Å². The molecule has 2 aromatic heterocycles. The Labute approximate surface area is 174 Å². The lowest BCUT2D eigenvalue weighted by molar-refractivity contribution is 0.146. The summed E-state index contributed by atoms with van der Waals surface area (Å²) in [4.78, 5) is 13.9. The van der Waals surface area contributed by atoms with Gasteiger partial charge in [0.15, 0.2) is 5.96 Å². The second kappa shape index (κ2) is 10.9. The van der Waals surface area contributed by atoms with Crippen molar-refractivity contribution in [3.05, 3.63) is 48.0 Å². The van der Waals surface area contributed by atoms with Crippen molar-refractivity contribution in [3.63, 3.8) is 0 Å². The summed E-state index contributed by atoms with van der Waals surface area (Å²) in [6.07, 6.45) is 5.57. The lowest BCUT2D eigenvalue weighted by atomic mass is 10.1. The van der Waals surface area contributed by atoms with Crippen LogP contribution in [0.4, 0.5) is 5.82 Å². The van der Waals surface area contributed by atoms with Crippen LogP contribution in [0.25, 0.3) is 0 Å². The predicted octanol–water partition coefficient (Wildman–Crippen LogP) is 3.02. The third-order valence-corrected chi connectivity index (χ3v) is 5.16. The zero-order valence-electron chi connectivity index (χ0n) is 17.9. The number of nitrogens with one attached hydrogen (secondary N) is 2. The number of pyridine rings is 1. The van der Waals surface area contributed by atoms with Crippen LogP contribution in [-0.4, -0.2) is 56.1 Å². The molecule has 2 aromatic rings. The molecule has 29 heavy (non-hydrogen) atoms. The van der Waals surface area contributed by atoms with E-state index in [9.17, 15) is 0 Å². The number of aliphatic imine (C=N–C) groups is 1. The fraction of sp³-hybridized carbons (Fsp3) is 0.545. The van der Waals surface area contributed by atoms with Crippen LogP contribution in [0.3, 0.4) is 0 Å². The van der Waals surface area contributed by atoms with Crippen LogP contribution in [0.1, 0.15) is 43.7 Å². The van der Waals surface area contributed by atoms with E-state index in [1.807, 2.05) is 43.3 Å². The van der Waals surface area contributed by atoms with Crippen molar-refractivity contribution in [1.29, 1.82) is 0 Å². The lowest BCUT2D eigenvalue weighted by Crippen LogP contribution is -2.44. The van der Waals surface area contributed by atoms with E-state index >= 15 is 0 Å². The highest BCUT2D eigenvalue weighted by molar-refractivity contribution is 5.79. The SMILES string of the molecule is CCNC(=NCc1cccc(N(C)C)n1)NCC(c1ccco1)N1CCCCC1. The second-order valence-corrected chi connectivity index (χ2v) is 7.59. The van der Waals surface area contributed by atoms with E-state index in [-0.39, 0.29) is 6.04 Å². The van der Waals surface area contributed by atoms with Crippen LogP contribution in [0, 0.1) is 0 Å². The van der Waals surface area contributed by atoms with Gasteiger partial charge in [-0.2, -0.15) is 0 Å². The number of likely N-dealkylation sites (tertiary alicyclic amines) is 1. The Bertz CT molecular complexity index is 752. The van der Waals surface area contributed by atoms with E-state index < -0.39 is 0 Å². The van der Waals surface area contributed by atoms with E-state index in [0.717, 1.165) is 49.4 Å². The number of hydrogen-bond donors (Lipinski definition) is 2. The van der Waals surface area contributed by atoms with Gasteiger partial charge < -0.3 is 20.0 Å². The monoisotopic (exact) mass is 398 g/mol. The molecule has 0 bridgehead atoms. The maximum Gasteiger partial charge on any atom is 0.191 e. The molecule has 1 fully saturated rings. The van der Waals surface area contributed by atoms with Gasteiger partial charge in [0.05, 0.1) is 24.5 Å². The Morgan fingerprint density at radius 1 is 1.17 bits per heavy atom. The van der Waals surface area contributed by atoms with Crippen molar-refractivity contribution in [2.45, 2.75) is 38.8 Å². The molecule has 0 amide bonds. The summed E-state index contributed by atoms with van der Waals surface area (Å²) in [5.41, 5.74) is 0.951. The van der Waals surface area contributed by atoms with E-state index in [2.05, 4.69) is 33.5 Å². The fourth-order valence-electron chi connectivity index (χ4n) is 3.62. The molecule has 3 rings (SSSR count). The van der Waals surface area contributed by atoms with Gasteiger partial charge in [0.1, 0.15) is 11.6 Å². The molecular weight excluding hydrogens is 364 g/mol. The minimum atomic E-state index is 0.212. The first-order chi connectivity index (χ1) is 14.2. The van der Waals surface area contributed by atoms with Crippen LogP contribution < -0.4 is 15.5 Å². The van der Waals surface area contributed by atoms with Crippen molar-refractivity contribution in [2.75, 3.05) is 45.2 Å². The number of hydrogen-bond acceptors (Lipinski definition) is 5. The van der Waals surface area contributed by atoms with Crippen LogP contribution in [0.15, 0.2) is 46.0 Å². The lowest BCUT2D eigenvalue weighted by Gasteiger charge is -2.33. The van der Waals surface area contributed by atoms with E-state index in [1.54, 1.807) is 6.26 Å². The summed E-state index contributed by atoms with van der Waals surface area (Å²) in [6.45, 7) is 6.41. The molecule has 0 saturated carbocycles. The summed E-state index contributed by atoms with van der Waals surface area (Å²) < 4.78 is 5.75. The Kier molecular flexibility index (Phi) is 7.93. The highest BCUT2D eigenvalue weighted by atomic mass is 16.3. The highest BCUT2D eigenvalue weighted by Crippen LogP contribution is 2.24. The van der Waals surface area contributed by atoms with Crippen molar-refractivity contribution in [3.8, 4) is 0 Å². The van der Waals surface area contributed by atoms with Crippen molar-refractivity contribution < 1.29 is 4.42 Å². The van der Waals surface area contributed by atoms with Crippen LogP contribution >= 0.6 is 0 Å². The third-order valence-electron chi connectivity index (χ3n) is 5.16. The van der Waals surface area contributed by atoms with Gasteiger partial charge in [-0.1, -0.05) is 12.5 Å². The average molecular weight is 399 g/mol. The van der Waals surface area contributed by atoms with Gasteiger partial charge in [-0.3, -0.25) is 4.90 Å². The number of rotatable bonds is 8. The predicted molar refractivity (Wildman–Crippen MR) is 118 cm³/mol. The largest absolute Gasteiger partial charge is 0.468 e. The summed E-state index contributed by atoms with van der Waals surface area (Å²) >= 11 is 0. The summed E-state index contributed by atoms with van der Waals surface area (Å²) in [5.74, 6) is 2.76. The van der Waals surface area contributed by atoms with Gasteiger partial charge >= 0.3 is 0 Å². The van der Waals surface area contributed by atoms with Gasteiger partial charge in [0.25, 0.3) is 0 Å². The minimum absolute atomic E-state index is 0.212. The number of anilines is 1. The summed E-state index contributed by atoms with van der Waals surface area (Å²) in [5, 5.41) is 6.86. The molecule has 1 aliphatic heterocycles. The molecule has 1 atom stereocenters. The zero-order chi connectivity index (χ0) is 20.5. The Morgan fingerprint density at radius 2 is 2.00 bits per heavy atom. The smallest absolute Gasteiger partial charge is 0.191 e. The number of furan rings is 1. The van der Waals surface area contributed by atoms with Crippen molar-refractivity contribution in [2.24, 2.45) is 4.99 Å². The van der Waals surface area contributed by atoms with Crippen LogP contribution in [0.5, 0.6) is 0 Å². The highest BCUT2D eigenvalue weighted by Gasteiger charge is 2.24. The van der Waals surface area contributed by atoms with Gasteiger partial charge in [0.2, 0.25) is 0 Å². The third kappa shape index (κ3) is 6.22. The van der Waals surface area contributed by atoms with E-state index in [1.165, 1.54) is 19.3 Å². The molecule has 7 heteroatoms. The minimum Gasteiger partial charge on any atom is -0.468 e. The molecule has 1 unspecified atom stereocenters. The normalized spacial score (nSPS) is 16.4. The molecular formula is C22H34N6O. The number of aromatic nitrogens is 1. The summed E-state index contributed by atoms with van der Waals surface area (Å²) in [7, 11) is 3.99. The molecule has 3 heterocycles. The van der Waals surface area contributed by atoms with Crippen molar-refractivity contribution >= 4 is 11.8 Å². The molecule has 0 aliphatic carbocycles. The molecule has 1 aliphatic rings. The Hall–Kier alpha value is -2.54. The zero-order valence-corrected chi connectivity index (χ0v) is 17.9. The first-order valence-electron chi connectivity index (χ1n) is 10.6. The first kappa shape index (κ1) is 21.2. The van der Waals surface area contributed by atoms with Crippen molar-refractivity contribution in [1.82, 2.24) is 20.5 Å². The number of piperidine rings is 1. The van der Waals surface area contributed by atoms with Crippen LogP contribution in [0.2, 0.25) is 0 Å². The fourth-order valence-corrected chi connectivity index (χ4v) is 3.62. The quantitative estimate of drug-likeness (QED) is 0.526. The Balaban J connectivity index is 1.66. The molecule has 0 aromatic carbocycles. The maximum atomic E-state index is 5.75. The second-order valence-electron chi connectivity index (χ2n) is 7.59. The van der Waals surface area contributed by atoms with Gasteiger partial charge in [-0.05, 0) is 57.1 Å². The molecule has 158 valence electrons. The number of nitrogens with zero attached hydrogens (tertiary/aromatic N) is 4. The average Bonchev–Trinajstić information content (AvgIpc) is 3.27. The molecule has 2 N–H and O–H groups in total. The first-order valence-corrected chi connectivity index (χ1v) is 10.6. The molecule has 7 nitrogen and oxygen atoms in total. The van der Waals surface area contributed by atoms with Gasteiger partial charge in [-0.25, -0.2) is 9.98 Å². The molecule has 1 saturated heterocycles. The molecule has 0 spiro atoms. The number of guanidine groups is 1. The molecule has 0 radical (unpaired) electrons. The van der Waals surface area contributed by atoms with Gasteiger partial charge in [0, 0.05) is 27.2 Å².